The fraction of sp³-hybridized carbons (Fsp3) is 0.500. The lowest BCUT2D eigenvalue weighted by Crippen LogP contribution is -2.44. The van der Waals surface area contributed by atoms with Crippen LogP contribution in [-0.2, 0) is 10.0 Å². The van der Waals surface area contributed by atoms with Crippen molar-refractivity contribution in [1.29, 1.82) is 0 Å². The minimum absolute atomic E-state index is 0.110. The van der Waals surface area contributed by atoms with E-state index in [1.54, 1.807) is 12.3 Å². The molecule has 0 amide bonds. The molecule has 1 fully saturated rings. The van der Waals surface area contributed by atoms with Crippen molar-refractivity contribution < 1.29 is 8.42 Å². The van der Waals surface area contributed by atoms with Crippen LogP contribution >= 0.6 is 0 Å². The molecule has 0 atom stereocenters. The van der Waals surface area contributed by atoms with Gasteiger partial charge in [-0.2, -0.15) is 0 Å². The Balaban J connectivity index is 1.97. The molecule has 24 heavy (non-hydrogen) atoms. The third-order valence-corrected chi connectivity index (χ3v) is 5.36. The molecule has 130 valence electrons. The second-order valence-electron chi connectivity index (χ2n) is 5.92. The van der Waals surface area contributed by atoms with Crippen LogP contribution in [0.1, 0.15) is 19.8 Å². The quantitative estimate of drug-likeness (QED) is 0.823. The second-order valence-corrected chi connectivity index (χ2v) is 7.76. The average Bonchev–Trinajstić information content (AvgIpc) is 2.60. The van der Waals surface area contributed by atoms with E-state index in [0.717, 1.165) is 49.3 Å². The van der Waals surface area contributed by atoms with E-state index in [2.05, 4.69) is 24.9 Å². The fourth-order valence-corrected chi connectivity index (χ4v) is 3.96. The summed E-state index contributed by atoms with van der Waals surface area (Å²) in [5.41, 5.74) is 0.802. The number of nitrogens with zero attached hydrogens (tertiary/aromatic N) is 3. The van der Waals surface area contributed by atoms with Gasteiger partial charge in [-0.15, -0.1) is 0 Å². The van der Waals surface area contributed by atoms with Crippen molar-refractivity contribution in [2.75, 3.05) is 41.6 Å². The Hall–Kier alpha value is -1.93. The molecule has 3 heterocycles. The molecule has 1 aliphatic heterocycles. The minimum Gasteiger partial charge on any atom is -0.352 e. The SMILES string of the molecule is CCCCS(=O)(=O)Nc1cc2cccnc2c(N2CCNCC2)n1. The van der Waals surface area contributed by atoms with E-state index in [0.29, 0.717) is 12.2 Å². The van der Waals surface area contributed by atoms with E-state index >= 15 is 0 Å². The lowest BCUT2D eigenvalue weighted by Gasteiger charge is -2.29. The first-order valence-corrected chi connectivity index (χ1v) is 9.96. The number of piperazine rings is 1. The zero-order chi connectivity index (χ0) is 17.0. The molecular formula is C16H23N5O2S. The monoisotopic (exact) mass is 349 g/mol. The van der Waals surface area contributed by atoms with Gasteiger partial charge >= 0.3 is 0 Å². The van der Waals surface area contributed by atoms with Crippen LogP contribution in [0.15, 0.2) is 24.4 Å². The van der Waals surface area contributed by atoms with Crippen molar-refractivity contribution in [3.8, 4) is 0 Å². The van der Waals surface area contributed by atoms with Gasteiger partial charge in [-0.25, -0.2) is 13.4 Å². The molecule has 1 aliphatic rings. The number of nitrogens with one attached hydrogen (secondary N) is 2. The molecule has 0 aromatic carbocycles. The van der Waals surface area contributed by atoms with Crippen LogP contribution in [0, 0.1) is 0 Å². The molecule has 2 aromatic heterocycles. The Labute approximate surface area is 142 Å². The zero-order valence-electron chi connectivity index (χ0n) is 13.8. The Morgan fingerprint density at radius 1 is 1.33 bits per heavy atom. The molecule has 1 saturated heterocycles. The van der Waals surface area contributed by atoms with Crippen molar-refractivity contribution in [2.24, 2.45) is 0 Å². The third kappa shape index (κ3) is 3.93. The third-order valence-electron chi connectivity index (χ3n) is 4.01. The minimum atomic E-state index is -3.38. The number of pyridine rings is 2. The number of fused-ring (bicyclic) bond motifs is 1. The van der Waals surface area contributed by atoms with Crippen molar-refractivity contribution in [3.05, 3.63) is 24.4 Å². The number of rotatable bonds is 6. The van der Waals surface area contributed by atoms with Gasteiger partial charge in [0.15, 0.2) is 5.82 Å². The highest BCUT2D eigenvalue weighted by molar-refractivity contribution is 7.92. The molecule has 2 aromatic rings. The summed E-state index contributed by atoms with van der Waals surface area (Å²) in [5, 5.41) is 4.19. The second kappa shape index (κ2) is 7.31. The molecule has 7 nitrogen and oxygen atoms in total. The molecule has 0 bridgehead atoms. The van der Waals surface area contributed by atoms with Gasteiger partial charge in [0.1, 0.15) is 11.3 Å². The van der Waals surface area contributed by atoms with Crippen LogP contribution in [0.4, 0.5) is 11.6 Å². The Bertz CT molecular complexity index is 803. The van der Waals surface area contributed by atoms with Crippen molar-refractivity contribution in [2.45, 2.75) is 19.8 Å². The van der Waals surface area contributed by atoms with E-state index < -0.39 is 10.0 Å². The van der Waals surface area contributed by atoms with Crippen LogP contribution in [0.5, 0.6) is 0 Å². The van der Waals surface area contributed by atoms with Gasteiger partial charge in [0.25, 0.3) is 0 Å². The number of sulfonamides is 1. The Morgan fingerprint density at radius 3 is 2.88 bits per heavy atom. The van der Waals surface area contributed by atoms with Crippen LogP contribution in [-0.4, -0.2) is 50.3 Å². The summed E-state index contributed by atoms with van der Waals surface area (Å²) in [4.78, 5) is 11.2. The predicted molar refractivity (Wildman–Crippen MR) is 96.9 cm³/mol. The van der Waals surface area contributed by atoms with Crippen molar-refractivity contribution in [3.63, 3.8) is 0 Å². The summed E-state index contributed by atoms with van der Waals surface area (Å²) < 4.78 is 27.0. The van der Waals surface area contributed by atoms with E-state index in [9.17, 15) is 8.42 Å². The van der Waals surface area contributed by atoms with E-state index in [4.69, 9.17) is 0 Å². The highest BCUT2D eigenvalue weighted by Crippen LogP contribution is 2.26. The maximum Gasteiger partial charge on any atom is 0.233 e. The Morgan fingerprint density at radius 2 is 2.12 bits per heavy atom. The van der Waals surface area contributed by atoms with Gasteiger partial charge < -0.3 is 10.2 Å². The molecule has 0 spiro atoms. The lowest BCUT2D eigenvalue weighted by atomic mass is 10.2. The number of unbranched alkanes of at least 4 members (excludes halogenated alkanes) is 1. The van der Waals surface area contributed by atoms with Crippen molar-refractivity contribution >= 4 is 32.6 Å². The fourth-order valence-electron chi connectivity index (χ4n) is 2.76. The van der Waals surface area contributed by atoms with Crippen molar-refractivity contribution in [1.82, 2.24) is 15.3 Å². The van der Waals surface area contributed by atoms with E-state index in [-0.39, 0.29) is 5.75 Å². The van der Waals surface area contributed by atoms with Gasteiger partial charge in [0.05, 0.1) is 5.75 Å². The number of hydrogen-bond acceptors (Lipinski definition) is 6. The largest absolute Gasteiger partial charge is 0.352 e. The molecule has 3 rings (SSSR count). The first-order chi connectivity index (χ1) is 11.6. The summed E-state index contributed by atoms with van der Waals surface area (Å²) in [6, 6.07) is 5.52. The molecule has 0 aliphatic carbocycles. The molecular weight excluding hydrogens is 326 g/mol. The van der Waals surface area contributed by atoms with Crippen LogP contribution in [0.2, 0.25) is 0 Å². The lowest BCUT2D eigenvalue weighted by molar-refractivity contribution is 0.586. The standard InChI is InChI=1S/C16H23N5O2S/c1-2-3-11-24(22,23)20-14-12-13-5-4-6-18-15(13)16(19-14)21-9-7-17-8-10-21/h4-6,12,17H,2-3,7-11H2,1H3,(H,19,20). The normalized spacial score (nSPS) is 15.6. The number of aromatic nitrogens is 2. The van der Waals surface area contributed by atoms with Gasteiger partial charge in [-0.1, -0.05) is 19.4 Å². The molecule has 0 saturated carbocycles. The topological polar surface area (TPSA) is 87.2 Å². The van der Waals surface area contributed by atoms with Gasteiger partial charge in [-0.3, -0.25) is 9.71 Å². The average molecular weight is 349 g/mol. The van der Waals surface area contributed by atoms with Gasteiger partial charge in [0, 0.05) is 37.8 Å². The highest BCUT2D eigenvalue weighted by Gasteiger charge is 2.18. The Kier molecular flexibility index (Phi) is 5.15. The number of anilines is 2. The molecule has 2 N–H and O–H groups in total. The highest BCUT2D eigenvalue weighted by atomic mass is 32.2. The summed E-state index contributed by atoms with van der Waals surface area (Å²) in [6.45, 7) is 5.37. The summed E-state index contributed by atoms with van der Waals surface area (Å²) in [6.07, 6.45) is 3.21. The van der Waals surface area contributed by atoms with Gasteiger partial charge in [-0.05, 0) is 18.6 Å². The van der Waals surface area contributed by atoms with E-state index in [1.165, 1.54) is 0 Å². The van der Waals surface area contributed by atoms with Crippen LogP contribution in [0.3, 0.4) is 0 Å². The molecule has 8 heteroatoms. The van der Waals surface area contributed by atoms with E-state index in [1.807, 2.05) is 19.1 Å². The molecule has 0 unspecified atom stereocenters. The maximum absolute atomic E-state index is 12.2. The zero-order valence-corrected chi connectivity index (χ0v) is 14.6. The van der Waals surface area contributed by atoms with Crippen LogP contribution in [0.25, 0.3) is 10.9 Å². The first kappa shape index (κ1) is 16.9. The van der Waals surface area contributed by atoms with Gasteiger partial charge in [0.2, 0.25) is 10.0 Å². The number of hydrogen-bond donors (Lipinski definition) is 2. The maximum atomic E-state index is 12.2. The van der Waals surface area contributed by atoms with Crippen LogP contribution < -0.4 is 14.9 Å². The summed E-state index contributed by atoms with van der Waals surface area (Å²) in [7, 11) is -3.38. The molecule has 0 radical (unpaired) electrons. The predicted octanol–water partition coefficient (Wildman–Crippen LogP) is 1.58. The summed E-state index contributed by atoms with van der Waals surface area (Å²) in [5.74, 6) is 1.21. The first-order valence-electron chi connectivity index (χ1n) is 8.31. The smallest absolute Gasteiger partial charge is 0.233 e. The summed E-state index contributed by atoms with van der Waals surface area (Å²) >= 11 is 0.